The Bertz CT molecular complexity index is 1330. The number of nitriles is 1. The van der Waals surface area contributed by atoms with E-state index in [4.69, 9.17) is 21.6 Å². The zero-order chi connectivity index (χ0) is 24.7. The van der Waals surface area contributed by atoms with Gasteiger partial charge >= 0.3 is 0 Å². The van der Waals surface area contributed by atoms with Gasteiger partial charge in [-0.3, -0.25) is 14.7 Å². The number of fused-ring (bicyclic) bond motifs is 1. The molecule has 6 nitrogen and oxygen atoms in total. The molecule has 5 rings (SSSR count). The summed E-state index contributed by atoms with van der Waals surface area (Å²) < 4.78 is 22.8. The molecule has 1 aliphatic carbocycles. The summed E-state index contributed by atoms with van der Waals surface area (Å²) in [6.07, 6.45) is 2.00. The lowest BCUT2D eigenvalue weighted by molar-refractivity contribution is -0.149. The standard InChI is InChI=1S/C26H20BrClFN3O3/c27-17-9-22-24(23(29)10-17)26(16-2-4-18(28)5-3-16,35-21-8-7-20(33)11-21)32(25(22)34)14-19-6-1-15(12-30)13-31-19/h1-6,9-10,13,20-21,33H,7-8,11,14H2. The van der Waals surface area contributed by atoms with Gasteiger partial charge in [-0.05, 0) is 55.7 Å². The molecule has 9 heteroatoms. The molecule has 1 aromatic heterocycles. The number of aliphatic hydroxyl groups is 1. The largest absolute Gasteiger partial charge is 0.393 e. The van der Waals surface area contributed by atoms with E-state index in [0.717, 1.165) is 0 Å². The van der Waals surface area contributed by atoms with Crippen LogP contribution in [0.25, 0.3) is 0 Å². The minimum Gasteiger partial charge on any atom is -0.393 e. The molecular weight excluding hydrogens is 537 g/mol. The van der Waals surface area contributed by atoms with Crippen molar-refractivity contribution in [3.05, 3.63) is 98.0 Å². The number of carbonyl (C=O) groups is 1. The number of hydrogen-bond acceptors (Lipinski definition) is 5. The van der Waals surface area contributed by atoms with Crippen LogP contribution in [0.5, 0.6) is 0 Å². The summed E-state index contributed by atoms with van der Waals surface area (Å²) in [6, 6.07) is 15.0. The lowest BCUT2D eigenvalue weighted by Crippen LogP contribution is -2.48. The molecule has 35 heavy (non-hydrogen) atoms. The number of ether oxygens (including phenoxy) is 1. The Morgan fingerprint density at radius 3 is 2.66 bits per heavy atom. The van der Waals surface area contributed by atoms with E-state index in [2.05, 4.69) is 20.9 Å². The maximum Gasteiger partial charge on any atom is 0.257 e. The number of benzene rings is 2. The highest BCUT2D eigenvalue weighted by Crippen LogP contribution is 2.50. The van der Waals surface area contributed by atoms with Crippen LogP contribution in [-0.4, -0.2) is 33.1 Å². The molecule has 2 aliphatic rings. The predicted molar refractivity (Wildman–Crippen MR) is 130 cm³/mol. The van der Waals surface area contributed by atoms with Crippen molar-refractivity contribution in [1.29, 1.82) is 5.26 Å². The Hall–Kier alpha value is -2.83. The van der Waals surface area contributed by atoms with Crippen LogP contribution in [0, 0.1) is 17.1 Å². The first kappa shape index (κ1) is 23.9. The fourth-order valence-electron chi connectivity index (χ4n) is 4.87. The maximum absolute atomic E-state index is 15.7. The van der Waals surface area contributed by atoms with E-state index < -0.39 is 29.7 Å². The number of nitrogens with zero attached hydrogens (tertiary/aromatic N) is 3. The average molecular weight is 557 g/mol. The summed E-state index contributed by atoms with van der Waals surface area (Å²) >= 11 is 9.46. The summed E-state index contributed by atoms with van der Waals surface area (Å²) in [4.78, 5) is 19.6. The van der Waals surface area contributed by atoms with Gasteiger partial charge in [-0.1, -0.05) is 39.7 Å². The first-order valence-corrected chi connectivity index (χ1v) is 12.3. The Morgan fingerprint density at radius 1 is 1.26 bits per heavy atom. The third-order valence-electron chi connectivity index (χ3n) is 6.45. The molecule has 3 aromatic rings. The number of amides is 1. The van der Waals surface area contributed by atoms with Gasteiger partial charge in [0.1, 0.15) is 11.9 Å². The summed E-state index contributed by atoms with van der Waals surface area (Å²) in [5.41, 5.74) is 0.122. The molecule has 2 heterocycles. The number of rotatable bonds is 5. The second-order valence-electron chi connectivity index (χ2n) is 8.71. The zero-order valence-corrected chi connectivity index (χ0v) is 20.8. The highest BCUT2D eigenvalue weighted by Gasteiger charge is 2.55. The summed E-state index contributed by atoms with van der Waals surface area (Å²) in [6.45, 7) is 0.00812. The Labute approximate surface area is 215 Å². The smallest absolute Gasteiger partial charge is 0.257 e. The summed E-state index contributed by atoms with van der Waals surface area (Å²) in [5.74, 6) is -1.01. The highest BCUT2D eigenvalue weighted by molar-refractivity contribution is 9.10. The first-order valence-electron chi connectivity index (χ1n) is 11.1. The third kappa shape index (κ3) is 4.23. The molecule has 0 saturated heterocycles. The molecule has 3 atom stereocenters. The monoisotopic (exact) mass is 555 g/mol. The Balaban J connectivity index is 1.72. The lowest BCUT2D eigenvalue weighted by atomic mass is 9.92. The highest BCUT2D eigenvalue weighted by atomic mass is 79.9. The van der Waals surface area contributed by atoms with Crippen molar-refractivity contribution >= 4 is 33.4 Å². The minimum absolute atomic E-state index is 0.00812. The van der Waals surface area contributed by atoms with E-state index in [1.54, 1.807) is 42.5 Å². The molecule has 1 amide bonds. The van der Waals surface area contributed by atoms with Crippen molar-refractivity contribution in [3.63, 3.8) is 0 Å². The normalized spacial score (nSPS) is 23.4. The molecule has 3 unspecified atom stereocenters. The fraction of sp³-hybridized carbons (Fsp3) is 0.269. The van der Waals surface area contributed by atoms with Crippen LogP contribution in [0.15, 0.2) is 59.2 Å². The van der Waals surface area contributed by atoms with Crippen molar-refractivity contribution < 1.29 is 19.0 Å². The van der Waals surface area contributed by atoms with Gasteiger partial charge in [0.05, 0.1) is 41.1 Å². The maximum atomic E-state index is 15.7. The lowest BCUT2D eigenvalue weighted by Gasteiger charge is -2.41. The van der Waals surface area contributed by atoms with Crippen LogP contribution in [-0.2, 0) is 17.0 Å². The van der Waals surface area contributed by atoms with Gasteiger partial charge in [0, 0.05) is 21.3 Å². The van der Waals surface area contributed by atoms with Crippen molar-refractivity contribution in [2.75, 3.05) is 0 Å². The van der Waals surface area contributed by atoms with Gasteiger partial charge in [0.25, 0.3) is 5.91 Å². The van der Waals surface area contributed by atoms with Crippen LogP contribution in [0.2, 0.25) is 5.02 Å². The van der Waals surface area contributed by atoms with Crippen molar-refractivity contribution in [2.45, 2.75) is 43.7 Å². The van der Waals surface area contributed by atoms with Crippen molar-refractivity contribution in [2.24, 2.45) is 0 Å². The molecule has 1 saturated carbocycles. The number of aromatic nitrogens is 1. The number of hydrogen-bond donors (Lipinski definition) is 1. The van der Waals surface area contributed by atoms with E-state index in [-0.39, 0.29) is 17.7 Å². The zero-order valence-electron chi connectivity index (χ0n) is 18.4. The molecule has 2 aromatic carbocycles. The van der Waals surface area contributed by atoms with Crippen LogP contribution >= 0.6 is 27.5 Å². The van der Waals surface area contributed by atoms with Crippen molar-refractivity contribution in [3.8, 4) is 6.07 Å². The van der Waals surface area contributed by atoms with Gasteiger partial charge in [-0.25, -0.2) is 4.39 Å². The number of halogens is 3. The number of aliphatic hydroxyl groups excluding tert-OH is 1. The molecule has 1 aliphatic heterocycles. The molecule has 0 spiro atoms. The molecule has 0 radical (unpaired) electrons. The Kier molecular flexibility index (Phi) is 6.36. The molecule has 178 valence electrons. The molecular formula is C26H20BrClFN3O3. The van der Waals surface area contributed by atoms with E-state index in [9.17, 15) is 9.90 Å². The quantitative estimate of drug-likeness (QED) is 0.461. The predicted octanol–water partition coefficient (Wildman–Crippen LogP) is 5.30. The number of carbonyl (C=O) groups excluding carboxylic acids is 1. The summed E-state index contributed by atoms with van der Waals surface area (Å²) in [7, 11) is 0. The Morgan fingerprint density at radius 2 is 2.03 bits per heavy atom. The van der Waals surface area contributed by atoms with E-state index in [0.29, 0.717) is 45.6 Å². The average Bonchev–Trinajstić information content (AvgIpc) is 3.34. The van der Waals surface area contributed by atoms with Crippen LogP contribution < -0.4 is 0 Å². The second kappa shape index (κ2) is 9.32. The molecule has 1 N–H and O–H groups in total. The SMILES string of the molecule is N#Cc1ccc(CN2C(=O)c3cc(Br)cc(F)c3C2(OC2CCC(O)C2)c2ccc(Cl)cc2)nc1. The number of pyridine rings is 1. The minimum atomic E-state index is -1.61. The van der Waals surface area contributed by atoms with Crippen LogP contribution in [0.1, 0.15) is 52.0 Å². The van der Waals surface area contributed by atoms with Gasteiger partial charge in [0.2, 0.25) is 5.72 Å². The van der Waals surface area contributed by atoms with E-state index >= 15 is 4.39 Å². The van der Waals surface area contributed by atoms with Crippen LogP contribution in [0.4, 0.5) is 4.39 Å². The first-order chi connectivity index (χ1) is 16.8. The van der Waals surface area contributed by atoms with Gasteiger partial charge in [-0.2, -0.15) is 5.26 Å². The summed E-state index contributed by atoms with van der Waals surface area (Å²) in [5, 5.41) is 19.8. The van der Waals surface area contributed by atoms with Crippen LogP contribution in [0.3, 0.4) is 0 Å². The third-order valence-corrected chi connectivity index (χ3v) is 7.16. The van der Waals surface area contributed by atoms with Gasteiger partial charge in [-0.15, -0.1) is 0 Å². The van der Waals surface area contributed by atoms with Crippen molar-refractivity contribution in [1.82, 2.24) is 9.88 Å². The topological polar surface area (TPSA) is 86.5 Å². The van der Waals surface area contributed by atoms with E-state index in [1.807, 2.05) is 6.07 Å². The van der Waals surface area contributed by atoms with Gasteiger partial charge in [0.15, 0.2) is 0 Å². The second-order valence-corrected chi connectivity index (χ2v) is 10.1. The van der Waals surface area contributed by atoms with E-state index in [1.165, 1.54) is 17.2 Å². The van der Waals surface area contributed by atoms with Gasteiger partial charge < -0.3 is 9.84 Å². The molecule has 1 fully saturated rings. The fourth-order valence-corrected chi connectivity index (χ4v) is 5.43. The molecule has 0 bridgehead atoms.